The SMILES string of the molecule is CCC1CCCCC1n1cnc2cc(F)c(F)cc21. The van der Waals surface area contributed by atoms with E-state index in [0.717, 1.165) is 12.8 Å². The molecule has 1 aromatic heterocycles. The Morgan fingerprint density at radius 2 is 1.95 bits per heavy atom. The van der Waals surface area contributed by atoms with Gasteiger partial charge in [0.25, 0.3) is 0 Å². The molecule has 0 bridgehead atoms. The second-order valence-electron chi connectivity index (χ2n) is 5.43. The zero-order chi connectivity index (χ0) is 13.4. The van der Waals surface area contributed by atoms with E-state index in [1.54, 1.807) is 6.33 Å². The van der Waals surface area contributed by atoms with Crippen LogP contribution in [-0.4, -0.2) is 9.55 Å². The quantitative estimate of drug-likeness (QED) is 0.783. The van der Waals surface area contributed by atoms with Crippen LogP contribution in [0.25, 0.3) is 11.0 Å². The van der Waals surface area contributed by atoms with Gasteiger partial charge >= 0.3 is 0 Å². The normalized spacial score (nSPS) is 23.9. The summed E-state index contributed by atoms with van der Waals surface area (Å²) in [6.07, 6.45) is 7.64. The Balaban J connectivity index is 2.06. The van der Waals surface area contributed by atoms with Gasteiger partial charge in [-0.15, -0.1) is 0 Å². The summed E-state index contributed by atoms with van der Waals surface area (Å²) in [5.41, 5.74) is 1.25. The van der Waals surface area contributed by atoms with Crippen molar-refractivity contribution in [1.29, 1.82) is 0 Å². The summed E-state index contributed by atoms with van der Waals surface area (Å²) >= 11 is 0. The van der Waals surface area contributed by atoms with Crippen molar-refractivity contribution in [3.05, 3.63) is 30.1 Å². The zero-order valence-electron chi connectivity index (χ0n) is 11.1. The minimum Gasteiger partial charge on any atom is -0.327 e. The van der Waals surface area contributed by atoms with Gasteiger partial charge in [-0.1, -0.05) is 26.2 Å². The predicted molar refractivity (Wildman–Crippen MR) is 70.9 cm³/mol. The molecule has 1 heterocycles. The molecule has 0 spiro atoms. The molecule has 0 N–H and O–H groups in total. The van der Waals surface area contributed by atoms with Crippen molar-refractivity contribution in [2.75, 3.05) is 0 Å². The summed E-state index contributed by atoms with van der Waals surface area (Å²) in [6, 6.07) is 2.83. The van der Waals surface area contributed by atoms with Crippen LogP contribution in [0.1, 0.15) is 45.1 Å². The third-order valence-corrected chi connectivity index (χ3v) is 4.37. The second kappa shape index (κ2) is 4.91. The number of halogens is 2. The molecular weight excluding hydrogens is 246 g/mol. The Morgan fingerprint density at radius 3 is 2.74 bits per heavy atom. The van der Waals surface area contributed by atoms with Crippen molar-refractivity contribution >= 4 is 11.0 Å². The Kier molecular flexibility index (Phi) is 3.25. The fourth-order valence-corrected chi connectivity index (χ4v) is 3.32. The van der Waals surface area contributed by atoms with Crippen LogP contribution in [0.4, 0.5) is 8.78 Å². The van der Waals surface area contributed by atoms with Gasteiger partial charge in [-0.05, 0) is 18.8 Å². The highest BCUT2D eigenvalue weighted by Crippen LogP contribution is 2.37. The largest absolute Gasteiger partial charge is 0.327 e. The van der Waals surface area contributed by atoms with E-state index in [1.807, 2.05) is 4.57 Å². The molecule has 0 radical (unpaired) electrons. The molecule has 1 aliphatic carbocycles. The van der Waals surface area contributed by atoms with Gasteiger partial charge in [-0.2, -0.15) is 0 Å². The van der Waals surface area contributed by atoms with E-state index in [2.05, 4.69) is 11.9 Å². The molecule has 2 unspecified atom stereocenters. The molecule has 102 valence electrons. The first-order valence-electron chi connectivity index (χ1n) is 7.02. The van der Waals surface area contributed by atoms with Crippen LogP contribution < -0.4 is 0 Å². The van der Waals surface area contributed by atoms with Gasteiger partial charge < -0.3 is 4.57 Å². The number of imidazole rings is 1. The number of aromatic nitrogens is 2. The van der Waals surface area contributed by atoms with Gasteiger partial charge in [-0.3, -0.25) is 0 Å². The third-order valence-electron chi connectivity index (χ3n) is 4.37. The molecular formula is C15H18F2N2. The van der Waals surface area contributed by atoms with E-state index < -0.39 is 11.6 Å². The molecule has 1 aliphatic rings. The maximum Gasteiger partial charge on any atom is 0.161 e. The molecule has 0 saturated heterocycles. The summed E-state index contributed by atoms with van der Waals surface area (Å²) in [7, 11) is 0. The fourth-order valence-electron chi connectivity index (χ4n) is 3.32. The molecule has 2 aromatic rings. The summed E-state index contributed by atoms with van der Waals surface area (Å²) in [4.78, 5) is 4.22. The van der Waals surface area contributed by atoms with Crippen LogP contribution in [0.3, 0.4) is 0 Å². The van der Waals surface area contributed by atoms with Gasteiger partial charge in [0.05, 0.1) is 17.4 Å². The lowest BCUT2D eigenvalue weighted by atomic mass is 9.82. The minimum absolute atomic E-state index is 0.369. The summed E-state index contributed by atoms with van der Waals surface area (Å²) < 4.78 is 28.7. The smallest absolute Gasteiger partial charge is 0.161 e. The highest BCUT2D eigenvalue weighted by atomic mass is 19.2. The van der Waals surface area contributed by atoms with Crippen LogP contribution in [-0.2, 0) is 0 Å². The topological polar surface area (TPSA) is 17.8 Å². The zero-order valence-corrected chi connectivity index (χ0v) is 11.1. The van der Waals surface area contributed by atoms with E-state index in [0.29, 0.717) is 23.0 Å². The van der Waals surface area contributed by atoms with Gasteiger partial charge in [0.1, 0.15) is 0 Å². The average molecular weight is 264 g/mol. The summed E-state index contributed by atoms with van der Waals surface area (Å²) in [6.45, 7) is 2.20. The van der Waals surface area contributed by atoms with Crippen LogP contribution in [0.2, 0.25) is 0 Å². The lowest BCUT2D eigenvalue weighted by Gasteiger charge is -2.32. The highest BCUT2D eigenvalue weighted by Gasteiger charge is 2.26. The van der Waals surface area contributed by atoms with E-state index in [-0.39, 0.29) is 0 Å². The van der Waals surface area contributed by atoms with Crippen LogP contribution in [0.15, 0.2) is 18.5 Å². The predicted octanol–water partition coefficient (Wildman–Crippen LogP) is 4.46. The Hall–Kier alpha value is -1.45. The van der Waals surface area contributed by atoms with Crippen molar-refractivity contribution in [1.82, 2.24) is 9.55 Å². The van der Waals surface area contributed by atoms with Gasteiger partial charge in [0.15, 0.2) is 11.6 Å². The van der Waals surface area contributed by atoms with Gasteiger partial charge in [0.2, 0.25) is 0 Å². The summed E-state index contributed by atoms with van der Waals surface area (Å²) in [5.74, 6) is -1.01. The number of nitrogens with zero attached hydrogens (tertiary/aromatic N) is 2. The number of benzene rings is 1. The molecule has 2 atom stereocenters. The average Bonchev–Trinajstić information content (AvgIpc) is 2.82. The standard InChI is InChI=1S/C15H18F2N2/c1-2-10-5-3-4-6-14(10)19-9-18-13-7-11(16)12(17)8-15(13)19/h7-10,14H,2-6H2,1H3. The Bertz CT molecular complexity index is 591. The molecule has 0 aliphatic heterocycles. The van der Waals surface area contributed by atoms with Gasteiger partial charge in [-0.25, -0.2) is 13.8 Å². The first kappa shape index (κ1) is 12.6. The number of hydrogen-bond donors (Lipinski definition) is 0. The second-order valence-corrected chi connectivity index (χ2v) is 5.43. The van der Waals surface area contributed by atoms with Crippen molar-refractivity contribution in [3.8, 4) is 0 Å². The molecule has 1 saturated carbocycles. The number of fused-ring (bicyclic) bond motifs is 1. The van der Waals surface area contributed by atoms with Crippen LogP contribution >= 0.6 is 0 Å². The molecule has 0 amide bonds. The Morgan fingerprint density at radius 1 is 1.21 bits per heavy atom. The minimum atomic E-state index is -0.826. The summed E-state index contributed by atoms with van der Waals surface area (Å²) in [5, 5.41) is 0. The molecule has 2 nitrogen and oxygen atoms in total. The number of hydrogen-bond acceptors (Lipinski definition) is 1. The first-order chi connectivity index (χ1) is 9.20. The van der Waals surface area contributed by atoms with E-state index >= 15 is 0 Å². The third kappa shape index (κ3) is 2.13. The van der Waals surface area contributed by atoms with Crippen molar-refractivity contribution in [2.45, 2.75) is 45.1 Å². The van der Waals surface area contributed by atoms with Crippen LogP contribution in [0.5, 0.6) is 0 Å². The lowest BCUT2D eigenvalue weighted by molar-refractivity contribution is 0.236. The lowest BCUT2D eigenvalue weighted by Crippen LogP contribution is -2.22. The fraction of sp³-hybridized carbons (Fsp3) is 0.533. The molecule has 1 aromatic carbocycles. The van der Waals surface area contributed by atoms with Crippen LogP contribution in [0, 0.1) is 17.6 Å². The molecule has 4 heteroatoms. The molecule has 3 rings (SSSR count). The van der Waals surface area contributed by atoms with E-state index in [4.69, 9.17) is 0 Å². The highest BCUT2D eigenvalue weighted by molar-refractivity contribution is 5.75. The van der Waals surface area contributed by atoms with E-state index in [1.165, 1.54) is 31.4 Å². The maximum atomic E-state index is 13.4. The van der Waals surface area contributed by atoms with Gasteiger partial charge in [0, 0.05) is 18.2 Å². The number of rotatable bonds is 2. The monoisotopic (exact) mass is 264 g/mol. The molecule has 19 heavy (non-hydrogen) atoms. The molecule has 1 fully saturated rings. The van der Waals surface area contributed by atoms with E-state index in [9.17, 15) is 8.78 Å². The van der Waals surface area contributed by atoms with Crippen molar-refractivity contribution in [3.63, 3.8) is 0 Å². The van der Waals surface area contributed by atoms with Crippen molar-refractivity contribution < 1.29 is 8.78 Å². The Labute approximate surface area is 111 Å². The van der Waals surface area contributed by atoms with Crippen molar-refractivity contribution in [2.24, 2.45) is 5.92 Å². The first-order valence-corrected chi connectivity index (χ1v) is 7.02. The maximum absolute atomic E-state index is 13.4.